The van der Waals surface area contributed by atoms with Crippen molar-refractivity contribution in [3.8, 4) is 0 Å². The van der Waals surface area contributed by atoms with Crippen molar-refractivity contribution in [1.82, 2.24) is 0 Å². The average molecular weight is 467 g/mol. The van der Waals surface area contributed by atoms with Gasteiger partial charge in [0.15, 0.2) is 0 Å². The number of carbonyl (C=O) groups is 1. The zero-order chi connectivity index (χ0) is 23.9. The molecule has 0 saturated heterocycles. The molecule has 0 aliphatic rings. The predicted octanol–water partition coefficient (Wildman–Crippen LogP) is 3.87. The normalized spacial score (nSPS) is 12.7. The topological polar surface area (TPSA) is 72.5 Å². The smallest absolute Gasteiger partial charge is 0.135 e. The summed E-state index contributed by atoms with van der Waals surface area (Å²) in [5.74, 6) is 0.770. The average Bonchev–Trinajstić information content (AvgIpc) is 2.75. The molecule has 0 aliphatic heterocycles. The van der Waals surface area contributed by atoms with E-state index in [2.05, 4.69) is 13.8 Å². The molecule has 0 aromatic rings. The first kappa shape index (κ1) is 31.4. The van der Waals surface area contributed by atoms with Crippen molar-refractivity contribution in [2.24, 2.45) is 11.8 Å². The third-order valence-corrected chi connectivity index (χ3v) is 4.58. The van der Waals surface area contributed by atoms with Gasteiger partial charge in [-0.05, 0) is 25.2 Å². The number of carbonyl (C=O) groups excluding carboxylic acids is 1. The number of ketones is 1. The van der Waals surface area contributed by atoms with Gasteiger partial charge in [0.2, 0.25) is 0 Å². The summed E-state index contributed by atoms with van der Waals surface area (Å²) < 4.78 is 46.0. The fourth-order valence-electron chi connectivity index (χ4n) is 2.58. The van der Waals surface area contributed by atoms with E-state index in [1.165, 1.54) is 6.42 Å². The lowest BCUT2D eigenvalue weighted by molar-refractivity contribution is -0.122. The Hall–Kier alpha value is -0.640. The molecule has 1 atom stereocenters. The van der Waals surface area contributed by atoms with Gasteiger partial charge in [0.25, 0.3) is 0 Å². The largest absolute Gasteiger partial charge is 0.379 e. The Morgan fingerprint density at radius 3 is 1.44 bits per heavy atom. The number of hydrogen-bond acceptors (Lipinski definition) is 7. The van der Waals surface area contributed by atoms with E-state index in [1.54, 1.807) is 0 Å². The summed E-state index contributed by atoms with van der Waals surface area (Å²) in [7, 11) is 0. The molecule has 0 saturated carbocycles. The zero-order valence-electron chi connectivity index (χ0n) is 20.8. The van der Waals surface area contributed by atoms with Gasteiger partial charge in [-0.25, -0.2) is 4.39 Å². The van der Waals surface area contributed by atoms with E-state index in [4.69, 9.17) is 28.4 Å². The second-order valence-electron chi connectivity index (χ2n) is 8.43. The summed E-state index contributed by atoms with van der Waals surface area (Å²) in [6, 6.07) is 0. The van der Waals surface area contributed by atoms with Crippen LogP contribution >= 0.6 is 0 Å². The fraction of sp³-hybridized carbons (Fsp3) is 0.958. The summed E-state index contributed by atoms with van der Waals surface area (Å²) >= 11 is 0. The van der Waals surface area contributed by atoms with Gasteiger partial charge >= 0.3 is 0 Å². The van der Waals surface area contributed by atoms with Crippen molar-refractivity contribution in [2.75, 3.05) is 79.3 Å². The lowest BCUT2D eigenvalue weighted by Crippen LogP contribution is -2.17. The predicted molar refractivity (Wildman–Crippen MR) is 123 cm³/mol. The highest BCUT2D eigenvalue weighted by Crippen LogP contribution is 2.07. The second-order valence-corrected chi connectivity index (χ2v) is 8.43. The van der Waals surface area contributed by atoms with Crippen molar-refractivity contribution in [2.45, 2.75) is 59.5 Å². The first-order valence-electron chi connectivity index (χ1n) is 12.1. The van der Waals surface area contributed by atoms with Crippen LogP contribution in [0.4, 0.5) is 4.39 Å². The first-order chi connectivity index (χ1) is 15.4. The Morgan fingerprint density at radius 1 is 0.625 bits per heavy atom. The molecule has 0 aromatic carbocycles. The molecule has 0 spiro atoms. The minimum absolute atomic E-state index is 0.00237. The van der Waals surface area contributed by atoms with Crippen LogP contribution in [0.5, 0.6) is 0 Å². The first-order valence-corrected chi connectivity index (χ1v) is 12.1. The summed E-state index contributed by atoms with van der Waals surface area (Å²) in [5.41, 5.74) is 0. The standard InChI is InChI=1S/C24H47FO7/c1-21(2)6-5-9-27-10-11-28-12-13-29-14-15-30-16-17-31-18-19-32-20-23(25)7-8-24(26)22(3)4/h21-23H,5-20H2,1-4H3. The van der Waals surface area contributed by atoms with Crippen molar-refractivity contribution < 1.29 is 37.6 Å². The number of hydrogen-bond donors (Lipinski definition) is 0. The second kappa shape index (κ2) is 23.5. The van der Waals surface area contributed by atoms with Gasteiger partial charge in [0.05, 0.1) is 72.7 Å². The lowest BCUT2D eigenvalue weighted by Gasteiger charge is -2.10. The van der Waals surface area contributed by atoms with Crippen molar-refractivity contribution in [3.05, 3.63) is 0 Å². The number of rotatable bonds is 25. The van der Waals surface area contributed by atoms with Gasteiger partial charge in [0, 0.05) is 18.9 Å². The molecule has 0 radical (unpaired) electrons. The maximum absolute atomic E-state index is 13.6. The Balaban J connectivity index is 3.15. The molecule has 0 bridgehead atoms. The fourth-order valence-corrected chi connectivity index (χ4v) is 2.58. The molecular formula is C24H47FO7. The summed E-state index contributed by atoms with van der Waals surface area (Å²) in [4.78, 5) is 11.5. The molecule has 8 heteroatoms. The molecule has 32 heavy (non-hydrogen) atoms. The summed E-state index contributed by atoms with van der Waals surface area (Å²) in [6.07, 6.45) is 1.66. The molecule has 0 aliphatic carbocycles. The number of ether oxygens (including phenoxy) is 6. The van der Waals surface area contributed by atoms with E-state index in [1.807, 2.05) is 13.8 Å². The van der Waals surface area contributed by atoms with Crippen LogP contribution in [-0.2, 0) is 33.2 Å². The molecule has 0 fully saturated rings. The van der Waals surface area contributed by atoms with E-state index < -0.39 is 6.17 Å². The van der Waals surface area contributed by atoms with Crippen molar-refractivity contribution in [3.63, 3.8) is 0 Å². The van der Waals surface area contributed by atoms with Gasteiger partial charge in [-0.15, -0.1) is 0 Å². The van der Waals surface area contributed by atoms with E-state index in [0.717, 1.165) is 18.9 Å². The molecule has 192 valence electrons. The molecule has 0 rings (SSSR count). The zero-order valence-corrected chi connectivity index (χ0v) is 20.8. The SMILES string of the molecule is CC(C)CCCOCCOCCOCCOCCOCCOCC(F)CCC(=O)C(C)C. The quantitative estimate of drug-likeness (QED) is 0.189. The third-order valence-electron chi connectivity index (χ3n) is 4.58. The third kappa shape index (κ3) is 24.0. The monoisotopic (exact) mass is 466 g/mol. The Bertz CT molecular complexity index is 408. The van der Waals surface area contributed by atoms with Crippen molar-refractivity contribution >= 4 is 5.78 Å². The van der Waals surface area contributed by atoms with E-state index in [0.29, 0.717) is 66.1 Å². The van der Waals surface area contributed by atoms with E-state index in [9.17, 15) is 9.18 Å². The van der Waals surface area contributed by atoms with Crippen molar-refractivity contribution in [1.29, 1.82) is 0 Å². The van der Waals surface area contributed by atoms with Gasteiger partial charge in [-0.1, -0.05) is 27.7 Å². The van der Waals surface area contributed by atoms with E-state index in [-0.39, 0.29) is 31.1 Å². The minimum atomic E-state index is -1.11. The lowest BCUT2D eigenvalue weighted by atomic mass is 10.0. The summed E-state index contributed by atoms with van der Waals surface area (Å²) in [5, 5.41) is 0. The highest BCUT2D eigenvalue weighted by Gasteiger charge is 2.12. The van der Waals surface area contributed by atoms with Crippen LogP contribution in [0, 0.1) is 11.8 Å². The molecular weight excluding hydrogens is 419 g/mol. The van der Waals surface area contributed by atoms with Gasteiger partial charge in [-0.3, -0.25) is 4.79 Å². The van der Waals surface area contributed by atoms with Gasteiger partial charge < -0.3 is 28.4 Å². The molecule has 0 heterocycles. The van der Waals surface area contributed by atoms with Crippen LogP contribution in [0.2, 0.25) is 0 Å². The molecule has 0 N–H and O–H groups in total. The van der Waals surface area contributed by atoms with Crippen LogP contribution in [0.15, 0.2) is 0 Å². The number of Topliss-reactive ketones (excluding diaryl/α,β-unsaturated/α-hetero) is 1. The Morgan fingerprint density at radius 2 is 1.03 bits per heavy atom. The highest BCUT2D eigenvalue weighted by molar-refractivity contribution is 5.80. The van der Waals surface area contributed by atoms with E-state index >= 15 is 0 Å². The summed E-state index contributed by atoms with van der Waals surface area (Å²) in [6.45, 7) is 13.8. The van der Waals surface area contributed by atoms with Gasteiger partial charge in [-0.2, -0.15) is 0 Å². The Kier molecular flexibility index (Phi) is 23.0. The van der Waals surface area contributed by atoms with Gasteiger partial charge in [0.1, 0.15) is 12.0 Å². The highest BCUT2D eigenvalue weighted by atomic mass is 19.1. The van der Waals surface area contributed by atoms with Crippen LogP contribution in [0.25, 0.3) is 0 Å². The Labute approximate surface area is 194 Å². The number of halogens is 1. The van der Waals surface area contributed by atoms with Crippen LogP contribution in [-0.4, -0.2) is 91.2 Å². The van der Waals surface area contributed by atoms with Crippen LogP contribution < -0.4 is 0 Å². The minimum Gasteiger partial charge on any atom is -0.379 e. The van der Waals surface area contributed by atoms with Crippen LogP contribution in [0.3, 0.4) is 0 Å². The van der Waals surface area contributed by atoms with Crippen LogP contribution in [0.1, 0.15) is 53.4 Å². The maximum Gasteiger partial charge on any atom is 0.135 e. The molecule has 0 amide bonds. The number of alkyl halides is 1. The maximum atomic E-state index is 13.6. The molecule has 1 unspecified atom stereocenters. The molecule has 7 nitrogen and oxygen atoms in total. The molecule has 0 aromatic heterocycles.